The molecule has 0 unspecified atom stereocenters. The predicted molar refractivity (Wildman–Crippen MR) is 144 cm³/mol. The van der Waals surface area contributed by atoms with Crippen molar-refractivity contribution >= 4 is 34.9 Å². The zero-order valence-electron chi connectivity index (χ0n) is 20.0. The summed E-state index contributed by atoms with van der Waals surface area (Å²) < 4.78 is 3.39. The van der Waals surface area contributed by atoms with Gasteiger partial charge in [0.05, 0.1) is 11.7 Å². The van der Waals surface area contributed by atoms with Crippen molar-refractivity contribution in [2.45, 2.75) is 25.3 Å². The molecule has 38 heavy (non-hydrogen) atoms. The molecule has 4 heterocycles. The number of aliphatic carboxylic acids is 1. The summed E-state index contributed by atoms with van der Waals surface area (Å²) in [7, 11) is 0. The summed E-state index contributed by atoms with van der Waals surface area (Å²) in [4.78, 5) is 29.0. The Labute approximate surface area is 222 Å². The Hall–Kier alpha value is -4.63. The van der Waals surface area contributed by atoms with Crippen molar-refractivity contribution < 1.29 is 9.90 Å². The first-order valence-corrected chi connectivity index (χ1v) is 12.4. The Balaban J connectivity index is 1.27. The molecule has 6 rings (SSSR count). The maximum Gasteiger partial charge on any atom is 0.328 e. The van der Waals surface area contributed by atoms with Crippen molar-refractivity contribution in [3.05, 3.63) is 105 Å². The lowest BCUT2D eigenvalue weighted by atomic mass is 9.97. The van der Waals surface area contributed by atoms with E-state index in [0.717, 1.165) is 63.8 Å². The van der Waals surface area contributed by atoms with Gasteiger partial charge in [0.2, 0.25) is 0 Å². The molecule has 2 aliphatic rings. The van der Waals surface area contributed by atoms with Gasteiger partial charge in [-0.2, -0.15) is 4.68 Å². The maximum absolute atomic E-state index is 13.4. The molecule has 1 N–H and O–H groups in total. The molecule has 0 bridgehead atoms. The zero-order chi connectivity index (χ0) is 26.2. The van der Waals surface area contributed by atoms with Gasteiger partial charge in [-0.15, -0.1) is 5.10 Å². The fourth-order valence-corrected chi connectivity index (χ4v) is 5.29. The minimum atomic E-state index is -0.989. The lowest BCUT2D eigenvalue weighted by Gasteiger charge is -2.17. The van der Waals surface area contributed by atoms with Crippen LogP contribution in [0.4, 0.5) is 0 Å². The largest absolute Gasteiger partial charge is 0.478 e. The highest BCUT2D eigenvalue weighted by molar-refractivity contribution is 6.31. The summed E-state index contributed by atoms with van der Waals surface area (Å²) in [5.74, 6) is -0.989. The molecule has 1 atom stereocenters. The monoisotopic (exact) mass is 524 g/mol. The van der Waals surface area contributed by atoms with Crippen molar-refractivity contribution in [3.63, 3.8) is 0 Å². The average Bonchev–Trinajstić information content (AvgIpc) is 3.68. The van der Waals surface area contributed by atoms with Crippen LogP contribution in [0.1, 0.15) is 35.7 Å². The number of halogens is 1. The number of fused-ring (bicyclic) bond motifs is 1. The van der Waals surface area contributed by atoms with Gasteiger partial charge in [0, 0.05) is 46.8 Å². The second kappa shape index (κ2) is 9.68. The van der Waals surface area contributed by atoms with Crippen molar-refractivity contribution in [1.82, 2.24) is 24.8 Å². The molecule has 0 aliphatic carbocycles. The Kier molecular flexibility index (Phi) is 6.05. The number of carbonyl (C=O) groups is 1. The van der Waals surface area contributed by atoms with Crippen LogP contribution in [0, 0.1) is 0 Å². The number of aromatic nitrogens is 5. The molecule has 0 radical (unpaired) electrons. The van der Waals surface area contributed by atoms with Crippen LogP contribution in [0.25, 0.3) is 28.5 Å². The summed E-state index contributed by atoms with van der Waals surface area (Å²) in [6.45, 7) is 0. The van der Waals surface area contributed by atoms with Crippen LogP contribution in [0.2, 0.25) is 5.02 Å². The van der Waals surface area contributed by atoms with Gasteiger partial charge >= 0.3 is 5.97 Å². The van der Waals surface area contributed by atoms with Crippen molar-refractivity contribution in [1.29, 1.82) is 0 Å². The van der Waals surface area contributed by atoms with Crippen LogP contribution in [0.3, 0.4) is 0 Å². The average molecular weight is 525 g/mol. The number of pyridine rings is 1. The van der Waals surface area contributed by atoms with E-state index in [2.05, 4.69) is 15.5 Å². The van der Waals surface area contributed by atoms with Crippen LogP contribution in [0.15, 0.2) is 83.0 Å². The third kappa shape index (κ3) is 4.48. The Morgan fingerprint density at radius 2 is 2.00 bits per heavy atom. The summed E-state index contributed by atoms with van der Waals surface area (Å²) >= 11 is 6.30. The molecule has 0 amide bonds. The van der Waals surface area contributed by atoms with E-state index < -0.39 is 5.97 Å². The molecule has 2 aromatic heterocycles. The molecule has 2 aromatic carbocycles. The minimum absolute atomic E-state index is 0.0976. The molecule has 2 aliphatic heterocycles. The summed E-state index contributed by atoms with van der Waals surface area (Å²) in [5.41, 5.74) is 6.86. The van der Waals surface area contributed by atoms with Crippen LogP contribution in [-0.4, -0.2) is 41.6 Å². The highest BCUT2D eigenvalue weighted by Gasteiger charge is 2.30. The third-order valence-corrected chi connectivity index (χ3v) is 7.05. The topological polar surface area (TPSA) is 115 Å². The fourth-order valence-electron chi connectivity index (χ4n) is 5.11. The van der Waals surface area contributed by atoms with Crippen LogP contribution in [0.5, 0.6) is 0 Å². The molecule has 0 fully saturated rings. The Morgan fingerprint density at radius 3 is 2.82 bits per heavy atom. The first-order valence-electron chi connectivity index (χ1n) is 12.0. The first kappa shape index (κ1) is 23.7. The minimum Gasteiger partial charge on any atom is -0.478 e. The maximum atomic E-state index is 13.4. The number of carboxylic acid groups (broad SMARTS) is 1. The molecule has 9 nitrogen and oxygen atoms in total. The van der Waals surface area contributed by atoms with E-state index in [1.165, 1.54) is 6.33 Å². The highest BCUT2D eigenvalue weighted by Crippen LogP contribution is 2.36. The number of nitrogens with zero attached hydrogens (tertiary/aromatic N) is 6. The molecular formula is C28H21ClN6O3. The molecule has 10 heteroatoms. The van der Waals surface area contributed by atoms with Crippen molar-refractivity contribution in [2.75, 3.05) is 0 Å². The Morgan fingerprint density at radius 1 is 1.11 bits per heavy atom. The van der Waals surface area contributed by atoms with E-state index in [1.54, 1.807) is 22.9 Å². The second-order valence-corrected chi connectivity index (χ2v) is 9.60. The van der Waals surface area contributed by atoms with Crippen molar-refractivity contribution in [2.24, 2.45) is 4.99 Å². The smallest absolute Gasteiger partial charge is 0.328 e. The standard InChI is InChI=1S/C28H21ClN6O3/c29-21-5-7-25(34-16-31-32-33-34)23(14-21)19-11-22-6-8-26(35(22)27(36)13-19)24-12-20(15-30-24)18-3-1-2-17(10-18)4-9-28(37)38/h1-5,7,9-11,13-16,26H,6,8,12H2,(H,37,38)/b9-4+/t26-/m0/s1. The van der Waals surface area contributed by atoms with Gasteiger partial charge in [-0.3, -0.25) is 9.79 Å². The number of rotatable bonds is 6. The van der Waals surface area contributed by atoms with E-state index in [1.807, 2.05) is 53.2 Å². The molecule has 0 spiro atoms. The number of tetrazole rings is 1. The molecule has 0 saturated heterocycles. The lowest BCUT2D eigenvalue weighted by molar-refractivity contribution is -0.131. The highest BCUT2D eigenvalue weighted by atomic mass is 35.5. The van der Waals surface area contributed by atoms with Gasteiger partial charge in [-0.05, 0) is 81.9 Å². The van der Waals surface area contributed by atoms with Crippen LogP contribution < -0.4 is 5.56 Å². The number of hydrogen-bond donors (Lipinski definition) is 1. The summed E-state index contributed by atoms with van der Waals surface area (Å²) in [6.07, 6.45) is 8.20. The van der Waals surface area contributed by atoms with Gasteiger partial charge in [0.15, 0.2) is 0 Å². The van der Waals surface area contributed by atoms with E-state index in [9.17, 15) is 9.59 Å². The fraction of sp³-hybridized carbons (Fsp3) is 0.143. The SMILES string of the molecule is O=C(O)/C=C/c1cccc(C2=CN=C([C@@H]3CCc4cc(-c5cc(Cl)ccc5-n5cnnn5)cc(=O)n43)C2)c1. The van der Waals surface area contributed by atoms with Gasteiger partial charge in [-0.25, -0.2) is 4.79 Å². The normalized spacial score (nSPS) is 16.5. The molecule has 188 valence electrons. The second-order valence-electron chi connectivity index (χ2n) is 9.16. The van der Waals surface area contributed by atoms with Gasteiger partial charge in [-0.1, -0.05) is 29.8 Å². The number of aliphatic imine (C=N–C) groups is 1. The number of carboxylic acids is 1. The number of hydrogen-bond acceptors (Lipinski definition) is 6. The summed E-state index contributed by atoms with van der Waals surface area (Å²) in [5, 5.41) is 20.9. The Bertz CT molecular complexity index is 1720. The van der Waals surface area contributed by atoms with Gasteiger partial charge < -0.3 is 9.67 Å². The van der Waals surface area contributed by atoms with E-state index in [4.69, 9.17) is 21.7 Å². The zero-order valence-corrected chi connectivity index (χ0v) is 20.8. The number of aryl methyl sites for hydroxylation is 1. The predicted octanol–water partition coefficient (Wildman–Crippen LogP) is 4.62. The van der Waals surface area contributed by atoms with Gasteiger partial charge in [0.25, 0.3) is 5.56 Å². The lowest BCUT2D eigenvalue weighted by Crippen LogP contribution is -2.27. The van der Waals surface area contributed by atoms with Crippen LogP contribution >= 0.6 is 11.6 Å². The molecule has 4 aromatic rings. The van der Waals surface area contributed by atoms with Gasteiger partial charge in [0.1, 0.15) is 6.33 Å². The number of benzene rings is 2. The van der Waals surface area contributed by atoms with Crippen molar-refractivity contribution in [3.8, 4) is 16.8 Å². The molecule has 0 saturated carbocycles. The van der Waals surface area contributed by atoms with Crippen LogP contribution in [-0.2, 0) is 11.2 Å². The first-order chi connectivity index (χ1) is 18.5. The van der Waals surface area contributed by atoms with E-state index >= 15 is 0 Å². The molecular weight excluding hydrogens is 504 g/mol. The quantitative estimate of drug-likeness (QED) is 0.368. The van der Waals surface area contributed by atoms with E-state index in [0.29, 0.717) is 11.4 Å². The summed E-state index contributed by atoms with van der Waals surface area (Å²) in [6, 6.07) is 16.6. The third-order valence-electron chi connectivity index (χ3n) is 6.82. The number of allylic oxidation sites excluding steroid dienone is 1. The van der Waals surface area contributed by atoms with E-state index in [-0.39, 0.29) is 11.6 Å².